The zero-order valence-electron chi connectivity index (χ0n) is 14.1. The molecule has 0 bridgehead atoms. The van der Waals surface area contributed by atoms with E-state index in [1.165, 1.54) is 7.11 Å². The van der Waals surface area contributed by atoms with Crippen LogP contribution >= 0.6 is 11.6 Å². The molecule has 0 saturated carbocycles. The van der Waals surface area contributed by atoms with Crippen LogP contribution in [0.1, 0.15) is 21.5 Å². The van der Waals surface area contributed by atoms with Gasteiger partial charge in [0, 0.05) is 29.4 Å². The van der Waals surface area contributed by atoms with Gasteiger partial charge in [0.1, 0.15) is 0 Å². The minimum atomic E-state index is -0.342. The highest BCUT2D eigenvalue weighted by Gasteiger charge is 2.19. The number of benzene rings is 2. The lowest BCUT2D eigenvalue weighted by Crippen LogP contribution is -2.36. The van der Waals surface area contributed by atoms with Crippen LogP contribution in [0.3, 0.4) is 0 Å². The number of esters is 1. The summed E-state index contributed by atoms with van der Waals surface area (Å²) in [6.07, 6.45) is 3.93. The third-order valence-corrected chi connectivity index (χ3v) is 4.40. The lowest BCUT2D eigenvalue weighted by molar-refractivity contribution is 0.0600. The van der Waals surface area contributed by atoms with E-state index in [-0.39, 0.29) is 5.97 Å². The second-order valence-corrected chi connectivity index (χ2v) is 6.15. The third-order valence-electron chi connectivity index (χ3n) is 4.15. The van der Waals surface area contributed by atoms with E-state index in [1.54, 1.807) is 6.07 Å². The van der Waals surface area contributed by atoms with E-state index in [1.807, 2.05) is 48.6 Å². The predicted octanol–water partition coefficient (Wildman–Crippen LogP) is 4.13. The summed E-state index contributed by atoms with van der Waals surface area (Å²) in [6.45, 7) is 2.96. The summed E-state index contributed by atoms with van der Waals surface area (Å²) in [7, 11) is 1.40. The number of morpholine rings is 1. The maximum Gasteiger partial charge on any atom is 0.338 e. The molecular weight excluding hydrogens is 338 g/mol. The number of hydrogen-bond acceptors (Lipinski definition) is 4. The zero-order valence-corrected chi connectivity index (χ0v) is 14.8. The van der Waals surface area contributed by atoms with Gasteiger partial charge in [-0.25, -0.2) is 4.79 Å². The van der Waals surface area contributed by atoms with Crippen molar-refractivity contribution in [1.29, 1.82) is 0 Å². The molecule has 2 aromatic rings. The van der Waals surface area contributed by atoms with Crippen molar-refractivity contribution < 1.29 is 14.3 Å². The van der Waals surface area contributed by atoms with Gasteiger partial charge < -0.3 is 14.4 Å². The number of ether oxygens (including phenoxy) is 2. The third kappa shape index (κ3) is 4.21. The smallest absolute Gasteiger partial charge is 0.338 e. The molecule has 2 aromatic carbocycles. The van der Waals surface area contributed by atoms with Crippen LogP contribution in [0, 0.1) is 0 Å². The second kappa shape index (κ2) is 8.19. The number of carbonyl (C=O) groups is 1. The molecule has 0 atom stereocenters. The molecule has 0 radical (unpaired) electrons. The average Bonchev–Trinajstić information content (AvgIpc) is 2.67. The molecule has 0 amide bonds. The number of carbonyl (C=O) groups excluding carboxylic acids is 1. The number of anilines is 1. The quantitative estimate of drug-likeness (QED) is 0.609. The van der Waals surface area contributed by atoms with Gasteiger partial charge in [-0.15, -0.1) is 0 Å². The van der Waals surface area contributed by atoms with Crippen molar-refractivity contribution in [2.75, 3.05) is 38.3 Å². The van der Waals surface area contributed by atoms with Crippen LogP contribution in [0.25, 0.3) is 12.2 Å². The van der Waals surface area contributed by atoms with E-state index in [9.17, 15) is 4.79 Å². The van der Waals surface area contributed by atoms with Gasteiger partial charge in [0.05, 0.1) is 25.9 Å². The fourth-order valence-corrected chi connectivity index (χ4v) is 2.98. The Morgan fingerprint density at radius 2 is 1.84 bits per heavy atom. The minimum absolute atomic E-state index is 0.342. The topological polar surface area (TPSA) is 38.8 Å². The van der Waals surface area contributed by atoms with Crippen LogP contribution < -0.4 is 4.90 Å². The van der Waals surface area contributed by atoms with Gasteiger partial charge >= 0.3 is 5.97 Å². The van der Waals surface area contributed by atoms with Crippen LogP contribution in [0.4, 0.5) is 5.69 Å². The molecule has 130 valence electrons. The number of methoxy groups -OCH3 is 1. The first-order chi connectivity index (χ1) is 12.2. The van der Waals surface area contributed by atoms with Crippen LogP contribution in [0.5, 0.6) is 0 Å². The molecule has 0 aromatic heterocycles. The first-order valence-electron chi connectivity index (χ1n) is 8.16. The van der Waals surface area contributed by atoms with Gasteiger partial charge in [-0.05, 0) is 29.8 Å². The van der Waals surface area contributed by atoms with Crippen LogP contribution in [0.15, 0.2) is 42.5 Å². The number of halogens is 1. The maximum absolute atomic E-state index is 12.2. The zero-order chi connectivity index (χ0) is 17.6. The Morgan fingerprint density at radius 3 is 2.52 bits per heavy atom. The van der Waals surface area contributed by atoms with Gasteiger partial charge in [0.25, 0.3) is 0 Å². The molecule has 1 fully saturated rings. The van der Waals surface area contributed by atoms with Crippen LogP contribution in [-0.4, -0.2) is 39.4 Å². The number of nitrogens with zero attached hydrogens (tertiary/aromatic N) is 1. The molecule has 0 spiro atoms. The van der Waals surface area contributed by atoms with E-state index in [4.69, 9.17) is 21.1 Å². The molecule has 1 heterocycles. The highest BCUT2D eigenvalue weighted by molar-refractivity contribution is 6.30. The Kier molecular flexibility index (Phi) is 5.74. The summed E-state index contributed by atoms with van der Waals surface area (Å²) in [6, 6.07) is 13.3. The minimum Gasteiger partial charge on any atom is -0.465 e. The molecule has 0 unspecified atom stereocenters. The van der Waals surface area contributed by atoms with E-state index in [0.717, 1.165) is 29.9 Å². The summed E-state index contributed by atoms with van der Waals surface area (Å²) < 4.78 is 10.4. The molecule has 25 heavy (non-hydrogen) atoms. The molecule has 1 aliphatic rings. The van der Waals surface area contributed by atoms with E-state index < -0.39 is 0 Å². The van der Waals surface area contributed by atoms with Crippen molar-refractivity contribution in [1.82, 2.24) is 0 Å². The standard InChI is InChI=1S/C20H20ClNO3/c1-24-20(23)18-3-2-4-19(22-11-13-25-14-12-22)17(18)10-7-15-5-8-16(21)9-6-15/h2-10H,11-14H2,1H3. The van der Waals surface area contributed by atoms with Crippen molar-refractivity contribution in [2.45, 2.75) is 0 Å². The Bertz CT molecular complexity index is 765. The molecular formula is C20H20ClNO3. The lowest BCUT2D eigenvalue weighted by Gasteiger charge is -2.30. The van der Waals surface area contributed by atoms with Crippen molar-refractivity contribution in [3.63, 3.8) is 0 Å². The largest absolute Gasteiger partial charge is 0.465 e. The van der Waals surface area contributed by atoms with Gasteiger partial charge in [0.2, 0.25) is 0 Å². The highest BCUT2D eigenvalue weighted by Crippen LogP contribution is 2.28. The highest BCUT2D eigenvalue weighted by atomic mass is 35.5. The molecule has 1 saturated heterocycles. The Morgan fingerprint density at radius 1 is 1.12 bits per heavy atom. The summed E-state index contributed by atoms with van der Waals surface area (Å²) >= 11 is 5.94. The monoisotopic (exact) mass is 357 g/mol. The first-order valence-corrected chi connectivity index (χ1v) is 8.54. The van der Waals surface area contributed by atoms with Gasteiger partial charge in [-0.3, -0.25) is 0 Å². The lowest BCUT2D eigenvalue weighted by atomic mass is 10.0. The van der Waals surface area contributed by atoms with E-state index >= 15 is 0 Å². The number of hydrogen-bond donors (Lipinski definition) is 0. The average molecular weight is 358 g/mol. The van der Waals surface area contributed by atoms with E-state index in [2.05, 4.69) is 4.90 Å². The first kappa shape index (κ1) is 17.5. The molecule has 5 heteroatoms. The van der Waals surface area contributed by atoms with Gasteiger partial charge in [0.15, 0.2) is 0 Å². The fourth-order valence-electron chi connectivity index (χ4n) is 2.85. The maximum atomic E-state index is 12.2. The molecule has 4 nitrogen and oxygen atoms in total. The van der Waals surface area contributed by atoms with Crippen molar-refractivity contribution >= 4 is 35.4 Å². The SMILES string of the molecule is COC(=O)c1cccc(N2CCOCC2)c1C=Cc1ccc(Cl)cc1. The Hall–Kier alpha value is -2.30. The molecule has 1 aliphatic heterocycles. The van der Waals surface area contributed by atoms with Crippen molar-refractivity contribution in [3.05, 3.63) is 64.2 Å². The van der Waals surface area contributed by atoms with Crippen LogP contribution in [-0.2, 0) is 9.47 Å². The summed E-state index contributed by atoms with van der Waals surface area (Å²) in [5, 5.41) is 0.695. The normalized spacial score (nSPS) is 14.7. The molecule has 3 rings (SSSR count). The Balaban J connectivity index is 2.00. The summed E-state index contributed by atoms with van der Waals surface area (Å²) in [4.78, 5) is 14.4. The fraction of sp³-hybridized carbons (Fsp3) is 0.250. The van der Waals surface area contributed by atoms with Crippen molar-refractivity contribution in [2.24, 2.45) is 0 Å². The predicted molar refractivity (Wildman–Crippen MR) is 101 cm³/mol. The van der Waals surface area contributed by atoms with Gasteiger partial charge in [-0.2, -0.15) is 0 Å². The van der Waals surface area contributed by atoms with Crippen molar-refractivity contribution in [3.8, 4) is 0 Å². The Labute approximate surface area is 152 Å². The number of rotatable bonds is 4. The van der Waals surface area contributed by atoms with Gasteiger partial charge in [-0.1, -0.05) is 42.0 Å². The molecule has 0 aliphatic carbocycles. The second-order valence-electron chi connectivity index (χ2n) is 5.71. The summed E-state index contributed by atoms with van der Waals surface area (Å²) in [5.41, 5.74) is 3.43. The van der Waals surface area contributed by atoms with E-state index in [0.29, 0.717) is 23.8 Å². The van der Waals surface area contributed by atoms with Crippen LogP contribution in [0.2, 0.25) is 5.02 Å². The summed E-state index contributed by atoms with van der Waals surface area (Å²) in [5.74, 6) is -0.342. The molecule has 0 N–H and O–H groups in total.